The van der Waals surface area contributed by atoms with Gasteiger partial charge >= 0.3 is 0 Å². The summed E-state index contributed by atoms with van der Waals surface area (Å²) in [7, 11) is 2.15. The van der Waals surface area contributed by atoms with Gasteiger partial charge in [-0.1, -0.05) is 28.1 Å². The Morgan fingerprint density at radius 1 is 1.42 bits per heavy atom. The second-order valence-corrected chi connectivity index (χ2v) is 6.17. The molecule has 1 unspecified atom stereocenters. The van der Waals surface area contributed by atoms with Gasteiger partial charge in [-0.15, -0.1) is 0 Å². The van der Waals surface area contributed by atoms with E-state index in [1.165, 1.54) is 24.8 Å². The third-order valence-electron chi connectivity index (χ3n) is 3.58. The molecular weight excluding hydrogens is 304 g/mol. The first-order valence-electron chi connectivity index (χ1n) is 6.96. The topological polar surface area (TPSA) is 38.5 Å². The van der Waals surface area contributed by atoms with Gasteiger partial charge in [-0.2, -0.15) is 0 Å². The summed E-state index contributed by atoms with van der Waals surface area (Å²) in [5, 5.41) is 0. The first kappa shape index (κ1) is 15.0. The van der Waals surface area contributed by atoms with Crippen LogP contribution in [0.2, 0.25) is 0 Å². The quantitative estimate of drug-likeness (QED) is 0.904. The van der Waals surface area contributed by atoms with Crippen molar-refractivity contribution < 1.29 is 4.74 Å². The lowest BCUT2D eigenvalue weighted by Crippen LogP contribution is -2.33. The van der Waals surface area contributed by atoms with E-state index in [4.69, 9.17) is 10.5 Å². The molecule has 2 rings (SSSR count). The highest BCUT2D eigenvalue weighted by atomic mass is 79.9. The Morgan fingerprint density at radius 3 is 2.89 bits per heavy atom. The van der Waals surface area contributed by atoms with Crippen molar-refractivity contribution in [2.24, 2.45) is 5.73 Å². The number of hydrogen-bond donors (Lipinski definition) is 1. The molecule has 2 N–H and O–H groups in total. The fourth-order valence-electron chi connectivity index (χ4n) is 2.50. The standard InChI is InChI=1S/C15H23BrN2O/c1-18(11-14-4-2-3-7-19-14)10-13-6-5-12(9-17)8-15(13)16/h5-6,8,14H,2-4,7,9-11,17H2,1H3. The largest absolute Gasteiger partial charge is 0.377 e. The lowest BCUT2D eigenvalue weighted by molar-refractivity contribution is -0.00261. The van der Waals surface area contributed by atoms with Crippen LogP contribution in [-0.4, -0.2) is 31.2 Å². The number of benzene rings is 1. The summed E-state index contributed by atoms with van der Waals surface area (Å²) >= 11 is 3.63. The molecule has 4 heteroatoms. The van der Waals surface area contributed by atoms with Gasteiger partial charge in [0.15, 0.2) is 0 Å². The number of halogens is 1. The number of ether oxygens (including phenoxy) is 1. The summed E-state index contributed by atoms with van der Waals surface area (Å²) in [5.74, 6) is 0. The van der Waals surface area contributed by atoms with Crippen LogP contribution in [0.25, 0.3) is 0 Å². The summed E-state index contributed by atoms with van der Waals surface area (Å²) in [4.78, 5) is 2.33. The van der Waals surface area contributed by atoms with Crippen LogP contribution in [-0.2, 0) is 17.8 Å². The number of rotatable bonds is 5. The van der Waals surface area contributed by atoms with Crippen molar-refractivity contribution in [3.8, 4) is 0 Å². The van der Waals surface area contributed by atoms with Gasteiger partial charge in [-0.3, -0.25) is 4.90 Å². The van der Waals surface area contributed by atoms with Crippen molar-refractivity contribution >= 4 is 15.9 Å². The lowest BCUT2D eigenvalue weighted by Gasteiger charge is -2.27. The minimum Gasteiger partial charge on any atom is -0.377 e. The van der Waals surface area contributed by atoms with Gasteiger partial charge in [0.1, 0.15) is 0 Å². The van der Waals surface area contributed by atoms with E-state index in [2.05, 4.69) is 46.1 Å². The molecule has 1 heterocycles. The van der Waals surface area contributed by atoms with Crippen LogP contribution >= 0.6 is 15.9 Å². The minimum atomic E-state index is 0.404. The lowest BCUT2D eigenvalue weighted by atomic mass is 10.1. The molecule has 3 nitrogen and oxygen atoms in total. The monoisotopic (exact) mass is 326 g/mol. The maximum atomic E-state index is 5.78. The van der Waals surface area contributed by atoms with Gasteiger partial charge in [0, 0.05) is 30.7 Å². The summed E-state index contributed by atoms with van der Waals surface area (Å²) in [5.41, 5.74) is 8.11. The Kier molecular flexibility index (Phi) is 5.82. The second-order valence-electron chi connectivity index (χ2n) is 5.32. The molecule has 0 aromatic heterocycles. The van der Waals surface area contributed by atoms with Crippen molar-refractivity contribution in [2.75, 3.05) is 20.2 Å². The zero-order chi connectivity index (χ0) is 13.7. The molecule has 0 saturated carbocycles. The predicted molar refractivity (Wildman–Crippen MR) is 82.0 cm³/mol. The van der Waals surface area contributed by atoms with Crippen molar-refractivity contribution in [1.29, 1.82) is 0 Å². The third-order valence-corrected chi connectivity index (χ3v) is 4.32. The van der Waals surface area contributed by atoms with Crippen molar-refractivity contribution in [1.82, 2.24) is 4.90 Å². The van der Waals surface area contributed by atoms with E-state index in [0.29, 0.717) is 12.6 Å². The predicted octanol–water partition coefficient (Wildman–Crippen LogP) is 2.91. The molecule has 1 aromatic rings. The minimum absolute atomic E-state index is 0.404. The van der Waals surface area contributed by atoms with Gasteiger partial charge in [-0.25, -0.2) is 0 Å². The van der Waals surface area contributed by atoms with Crippen molar-refractivity contribution in [3.63, 3.8) is 0 Å². The van der Waals surface area contributed by atoms with E-state index in [-0.39, 0.29) is 0 Å². The van der Waals surface area contributed by atoms with Gasteiger partial charge in [0.2, 0.25) is 0 Å². The van der Waals surface area contributed by atoms with Crippen molar-refractivity contribution in [2.45, 2.75) is 38.5 Å². The number of nitrogens with zero attached hydrogens (tertiary/aromatic N) is 1. The fraction of sp³-hybridized carbons (Fsp3) is 0.600. The molecule has 0 radical (unpaired) electrons. The average Bonchev–Trinajstić information content (AvgIpc) is 2.42. The van der Waals surface area contributed by atoms with E-state index < -0.39 is 0 Å². The first-order chi connectivity index (χ1) is 9.19. The molecule has 0 amide bonds. The van der Waals surface area contributed by atoms with E-state index in [9.17, 15) is 0 Å². The Bertz CT molecular complexity index is 405. The number of hydrogen-bond acceptors (Lipinski definition) is 3. The highest BCUT2D eigenvalue weighted by Gasteiger charge is 2.16. The zero-order valence-electron chi connectivity index (χ0n) is 11.6. The SMILES string of the molecule is CN(Cc1ccc(CN)cc1Br)CC1CCCCO1. The Morgan fingerprint density at radius 2 is 2.26 bits per heavy atom. The summed E-state index contributed by atoms with van der Waals surface area (Å²) in [6, 6.07) is 6.37. The Hall–Kier alpha value is -0.420. The molecular formula is C15H23BrN2O. The van der Waals surface area contributed by atoms with Crippen LogP contribution in [0.3, 0.4) is 0 Å². The molecule has 1 atom stereocenters. The molecule has 106 valence electrons. The molecule has 19 heavy (non-hydrogen) atoms. The zero-order valence-corrected chi connectivity index (χ0v) is 13.2. The Balaban J connectivity index is 1.88. The second kappa shape index (κ2) is 7.39. The van der Waals surface area contributed by atoms with Crippen molar-refractivity contribution in [3.05, 3.63) is 33.8 Å². The van der Waals surface area contributed by atoms with Crippen LogP contribution in [0.1, 0.15) is 30.4 Å². The maximum absolute atomic E-state index is 5.78. The average molecular weight is 327 g/mol. The van der Waals surface area contributed by atoms with Crippen LogP contribution < -0.4 is 5.73 Å². The maximum Gasteiger partial charge on any atom is 0.0702 e. The Labute approximate surface area is 124 Å². The first-order valence-corrected chi connectivity index (χ1v) is 7.76. The summed E-state index contributed by atoms with van der Waals surface area (Å²) in [6.07, 6.45) is 4.11. The normalized spacial score (nSPS) is 19.9. The van der Waals surface area contributed by atoms with E-state index in [1.807, 2.05) is 0 Å². The molecule has 0 bridgehead atoms. The molecule has 1 saturated heterocycles. The van der Waals surface area contributed by atoms with E-state index in [0.717, 1.165) is 29.7 Å². The van der Waals surface area contributed by atoms with Gasteiger partial charge in [-0.05, 0) is 43.5 Å². The molecule has 0 spiro atoms. The number of nitrogens with two attached hydrogens (primary N) is 1. The van der Waals surface area contributed by atoms with E-state index in [1.54, 1.807) is 0 Å². The van der Waals surface area contributed by atoms with E-state index >= 15 is 0 Å². The molecule has 1 fully saturated rings. The molecule has 1 aliphatic rings. The smallest absolute Gasteiger partial charge is 0.0702 e. The molecule has 1 aliphatic heterocycles. The molecule has 0 aliphatic carbocycles. The highest BCUT2D eigenvalue weighted by Crippen LogP contribution is 2.21. The number of likely N-dealkylation sites (N-methyl/N-ethyl adjacent to an activating group) is 1. The van der Waals surface area contributed by atoms with Crippen LogP contribution in [0, 0.1) is 0 Å². The van der Waals surface area contributed by atoms with Gasteiger partial charge < -0.3 is 10.5 Å². The third kappa shape index (κ3) is 4.56. The fourth-order valence-corrected chi connectivity index (χ4v) is 3.05. The summed E-state index contributed by atoms with van der Waals surface area (Å²) in [6.45, 7) is 3.45. The summed E-state index contributed by atoms with van der Waals surface area (Å²) < 4.78 is 6.93. The van der Waals surface area contributed by atoms with Crippen LogP contribution in [0.15, 0.2) is 22.7 Å². The van der Waals surface area contributed by atoms with Crippen LogP contribution in [0.4, 0.5) is 0 Å². The van der Waals surface area contributed by atoms with Gasteiger partial charge in [0.25, 0.3) is 0 Å². The van der Waals surface area contributed by atoms with Crippen LogP contribution in [0.5, 0.6) is 0 Å². The van der Waals surface area contributed by atoms with Gasteiger partial charge in [0.05, 0.1) is 6.10 Å². The highest BCUT2D eigenvalue weighted by molar-refractivity contribution is 9.10. The molecule has 1 aromatic carbocycles.